The van der Waals surface area contributed by atoms with Crippen LogP contribution in [0.1, 0.15) is 39.4 Å². The van der Waals surface area contributed by atoms with Crippen molar-refractivity contribution in [2.24, 2.45) is 0 Å². The van der Waals surface area contributed by atoms with Crippen LogP contribution in [0, 0.1) is 6.92 Å². The largest absolute Gasteiger partial charge is 0.485 e. The van der Waals surface area contributed by atoms with Gasteiger partial charge in [0.05, 0.1) is 24.1 Å². The third-order valence-electron chi connectivity index (χ3n) is 4.79. The number of rotatable bonds is 7. The van der Waals surface area contributed by atoms with Crippen LogP contribution < -0.4 is 9.46 Å². The molecule has 1 aromatic carbocycles. The monoisotopic (exact) mass is 410 g/mol. The third kappa shape index (κ3) is 4.56. The van der Waals surface area contributed by atoms with Gasteiger partial charge < -0.3 is 18.6 Å². The normalized spacial score (nSPS) is 12.5. The first-order chi connectivity index (χ1) is 14.1. The molecule has 0 unspecified atom stereocenters. The Hall–Kier alpha value is -2.93. The molecule has 2 heterocycles. The van der Waals surface area contributed by atoms with Crippen molar-refractivity contribution < 1.29 is 18.7 Å². The molecule has 1 aliphatic rings. The lowest BCUT2D eigenvalue weighted by Crippen LogP contribution is -2.05. The van der Waals surface area contributed by atoms with Crippen LogP contribution in [0.15, 0.2) is 52.1 Å². The first-order valence-corrected chi connectivity index (χ1v) is 10.2. The van der Waals surface area contributed by atoms with E-state index in [-0.39, 0.29) is 0 Å². The second kappa shape index (κ2) is 8.61. The number of carbonyl (C=O) groups is 1. The lowest BCUT2D eigenvalue weighted by molar-refractivity contribution is 0.0600. The number of aryl methyl sites for hydroxylation is 3. The molecular formula is C22H22N2O4S. The average Bonchev–Trinajstić information content (AvgIpc) is 3.38. The zero-order chi connectivity index (χ0) is 20.2. The summed E-state index contributed by atoms with van der Waals surface area (Å²) in [4.78, 5) is 15.8. The Balaban J connectivity index is 1.48. The second-order valence-corrected chi connectivity index (χ2v) is 7.67. The molecule has 0 bridgehead atoms. The maximum Gasteiger partial charge on any atom is 0.339 e. The highest BCUT2D eigenvalue weighted by Crippen LogP contribution is 2.36. The van der Waals surface area contributed by atoms with Gasteiger partial charge in [-0.25, -0.2) is 4.79 Å². The topological polar surface area (TPSA) is 73.6 Å². The zero-order valence-electron chi connectivity index (χ0n) is 16.4. The molecule has 6 nitrogen and oxygen atoms in total. The minimum absolute atomic E-state index is 0.305. The molecule has 4 rings (SSSR count). The highest BCUT2D eigenvalue weighted by atomic mass is 32.2. The van der Waals surface area contributed by atoms with Crippen molar-refractivity contribution >= 4 is 23.6 Å². The van der Waals surface area contributed by atoms with Gasteiger partial charge in [0.1, 0.15) is 18.1 Å². The molecule has 2 aromatic heterocycles. The second-order valence-electron chi connectivity index (χ2n) is 6.86. The Kier molecular flexibility index (Phi) is 5.76. The van der Waals surface area contributed by atoms with Gasteiger partial charge in [-0.2, -0.15) is 0 Å². The van der Waals surface area contributed by atoms with Crippen molar-refractivity contribution in [2.75, 3.05) is 11.8 Å². The van der Waals surface area contributed by atoms with Gasteiger partial charge >= 0.3 is 5.97 Å². The van der Waals surface area contributed by atoms with Crippen LogP contribution in [0.5, 0.6) is 5.75 Å². The van der Waals surface area contributed by atoms with Crippen LogP contribution >= 0.6 is 11.9 Å². The summed E-state index contributed by atoms with van der Waals surface area (Å²) in [5.41, 5.74) is 4.76. The lowest BCUT2D eigenvalue weighted by atomic mass is 10.1. The number of esters is 1. The summed E-state index contributed by atoms with van der Waals surface area (Å²) >= 11 is 1.42. The Bertz CT molecular complexity index is 1010. The van der Waals surface area contributed by atoms with Gasteiger partial charge in [-0.15, -0.1) is 0 Å². The van der Waals surface area contributed by atoms with E-state index in [4.69, 9.17) is 13.9 Å². The van der Waals surface area contributed by atoms with E-state index in [9.17, 15) is 4.79 Å². The summed E-state index contributed by atoms with van der Waals surface area (Å²) in [6, 6.07) is 11.6. The van der Waals surface area contributed by atoms with E-state index in [1.807, 2.05) is 19.1 Å². The zero-order valence-corrected chi connectivity index (χ0v) is 17.2. The smallest absolute Gasteiger partial charge is 0.339 e. The average molecular weight is 410 g/mol. The molecule has 7 heteroatoms. The number of benzene rings is 1. The van der Waals surface area contributed by atoms with Crippen molar-refractivity contribution in [3.63, 3.8) is 0 Å². The van der Waals surface area contributed by atoms with Gasteiger partial charge in [0.25, 0.3) is 0 Å². The lowest BCUT2D eigenvalue weighted by Gasteiger charge is -2.14. The molecular weight excluding hydrogens is 388 g/mol. The number of hydrogen-bond acceptors (Lipinski definition) is 7. The molecule has 0 fully saturated rings. The summed E-state index contributed by atoms with van der Waals surface area (Å²) in [7, 11) is 1.35. The van der Waals surface area contributed by atoms with Gasteiger partial charge in [-0.3, -0.25) is 4.98 Å². The standard InChI is InChI=1S/C22H22N2O4S/c1-14-6-9-21(28-14)29-24-19-10-15-4-3-5-16(15)11-20(19)27-13-18-8-7-17(12-23-18)22(25)26-2/h6-12,24H,3-5,13H2,1-2H3. The van der Waals surface area contributed by atoms with Crippen LogP contribution in [-0.4, -0.2) is 18.1 Å². The third-order valence-corrected chi connectivity index (χ3v) is 5.54. The summed E-state index contributed by atoms with van der Waals surface area (Å²) < 4.78 is 19.8. The molecule has 0 spiro atoms. The number of furan rings is 1. The van der Waals surface area contributed by atoms with Gasteiger partial charge in [-0.1, -0.05) is 0 Å². The quantitative estimate of drug-likeness (QED) is 0.436. The summed E-state index contributed by atoms with van der Waals surface area (Å²) in [5, 5.41) is 0.800. The van der Waals surface area contributed by atoms with Gasteiger partial charge in [0.2, 0.25) is 0 Å². The molecule has 1 aliphatic carbocycles. The minimum Gasteiger partial charge on any atom is -0.485 e. The van der Waals surface area contributed by atoms with E-state index in [0.717, 1.165) is 40.8 Å². The Morgan fingerprint density at radius 3 is 2.72 bits per heavy atom. The fraction of sp³-hybridized carbons (Fsp3) is 0.273. The molecule has 0 saturated heterocycles. The number of fused-ring (bicyclic) bond motifs is 1. The van der Waals surface area contributed by atoms with Crippen molar-refractivity contribution in [2.45, 2.75) is 37.9 Å². The van der Waals surface area contributed by atoms with Crippen molar-refractivity contribution in [3.05, 3.63) is 70.7 Å². The van der Waals surface area contributed by atoms with E-state index in [2.05, 4.69) is 21.8 Å². The van der Waals surface area contributed by atoms with Crippen LogP contribution in [0.25, 0.3) is 0 Å². The first kappa shape index (κ1) is 19.4. The number of carbonyl (C=O) groups excluding carboxylic acids is 1. The number of aromatic nitrogens is 1. The molecule has 0 atom stereocenters. The highest BCUT2D eigenvalue weighted by molar-refractivity contribution is 8.00. The van der Waals surface area contributed by atoms with E-state index < -0.39 is 5.97 Å². The van der Waals surface area contributed by atoms with E-state index in [0.29, 0.717) is 12.2 Å². The van der Waals surface area contributed by atoms with Crippen molar-refractivity contribution in [1.29, 1.82) is 0 Å². The highest BCUT2D eigenvalue weighted by Gasteiger charge is 2.16. The van der Waals surface area contributed by atoms with Crippen molar-refractivity contribution in [1.82, 2.24) is 4.98 Å². The maximum atomic E-state index is 11.5. The van der Waals surface area contributed by atoms with Crippen LogP contribution in [-0.2, 0) is 24.2 Å². The number of nitrogens with zero attached hydrogens (tertiary/aromatic N) is 1. The number of ether oxygens (including phenoxy) is 2. The summed E-state index contributed by atoms with van der Waals surface area (Å²) in [6.07, 6.45) is 4.83. The predicted molar refractivity (Wildman–Crippen MR) is 111 cm³/mol. The Morgan fingerprint density at radius 2 is 2.03 bits per heavy atom. The van der Waals surface area contributed by atoms with Gasteiger partial charge in [-0.05, 0) is 73.7 Å². The molecule has 0 saturated carbocycles. The van der Waals surface area contributed by atoms with E-state index in [1.54, 1.807) is 12.1 Å². The van der Waals surface area contributed by atoms with Gasteiger partial charge in [0, 0.05) is 18.1 Å². The predicted octanol–water partition coefficient (Wildman–Crippen LogP) is 4.96. The number of pyridine rings is 1. The maximum absolute atomic E-state index is 11.5. The Labute approximate surface area is 173 Å². The van der Waals surface area contributed by atoms with Crippen LogP contribution in [0.2, 0.25) is 0 Å². The molecule has 0 radical (unpaired) electrons. The summed E-state index contributed by atoms with van der Waals surface area (Å²) in [6.45, 7) is 2.23. The molecule has 29 heavy (non-hydrogen) atoms. The van der Waals surface area contributed by atoms with Gasteiger partial charge in [0.15, 0.2) is 5.09 Å². The summed E-state index contributed by atoms with van der Waals surface area (Å²) in [5.74, 6) is 1.25. The number of hydrogen-bond donors (Lipinski definition) is 1. The van der Waals surface area contributed by atoms with Crippen molar-refractivity contribution in [3.8, 4) is 5.75 Å². The van der Waals surface area contributed by atoms with E-state index in [1.165, 1.54) is 42.8 Å². The van der Waals surface area contributed by atoms with E-state index >= 15 is 0 Å². The van der Waals surface area contributed by atoms with Crippen LogP contribution in [0.3, 0.4) is 0 Å². The molecule has 0 amide bonds. The molecule has 0 aliphatic heterocycles. The molecule has 3 aromatic rings. The minimum atomic E-state index is -0.403. The fourth-order valence-electron chi connectivity index (χ4n) is 3.27. The SMILES string of the molecule is COC(=O)c1ccc(COc2cc3c(cc2NSc2ccc(C)o2)CCC3)nc1. The molecule has 1 N–H and O–H groups in total. The number of anilines is 1. The number of nitrogens with one attached hydrogen (secondary N) is 1. The first-order valence-electron chi connectivity index (χ1n) is 9.43. The Morgan fingerprint density at radius 1 is 1.21 bits per heavy atom. The fourth-order valence-corrected chi connectivity index (χ4v) is 3.95. The van der Waals surface area contributed by atoms with Crippen LogP contribution in [0.4, 0.5) is 5.69 Å². The number of methoxy groups -OCH3 is 1. The molecule has 150 valence electrons.